The molecule has 1 heterocycles. The van der Waals surface area contributed by atoms with E-state index in [9.17, 15) is 0 Å². The molecule has 4 atom stereocenters. The van der Waals surface area contributed by atoms with Crippen molar-refractivity contribution >= 4 is 17.3 Å². The highest BCUT2D eigenvalue weighted by molar-refractivity contribution is 8.00. The lowest BCUT2D eigenvalue weighted by atomic mass is 9.79. The fraction of sp³-hybridized carbons (Fsp3) is 0.250. The SMILES string of the molecule is C=C/C=C\C=C(/C)N(C1=CCC(c2ccccc2)C=C1)C1C=CC2=C(C1)c1c(ccc3c1SC1C=CC=C[C@H]31)C2(C)C. The van der Waals surface area contributed by atoms with Crippen molar-refractivity contribution in [1.29, 1.82) is 0 Å². The summed E-state index contributed by atoms with van der Waals surface area (Å²) in [7, 11) is 0. The zero-order chi connectivity index (χ0) is 28.8. The summed E-state index contributed by atoms with van der Waals surface area (Å²) < 4.78 is 0. The van der Waals surface area contributed by atoms with Crippen LogP contribution in [0.4, 0.5) is 0 Å². The number of thioether (sulfide) groups is 1. The molecular formula is C40H39NS. The molecule has 7 rings (SSSR count). The van der Waals surface area contributed by atoms with Gasteiger partial charge in [-0.15, -0.1) is 11.8 Å². The number of nitrogens with zero attached hydrogens (tertiary/aromatic N) is 1. The van der Waals surface area contributed by atoms with Crippen LogP contribution in [0.2, 0.25) is 0 Å². The Morgan fingerprint density at radius 2 is 1.81 bits per heavy atom. The van der Waals surface area contributed by atoms with Crippen LogP contribution in [0.25, 0.3) is 5.57 Å². The summed E-state index contributed by atoms with van der Waals surface area (Å²) >= 11 is 2.08. The summed E-state index contributed by atoms with van der Waals surface area (Å²) in [4.78, 5) is 4.07. The van der Waals surface area contributed by atoms with Crippen LogP contribution in [0.3, 0.4) is 0 Å². The maximum Gasteiger partial charge on any atom is 0.0562 e. The van der Waals surface area contributed by atoms with Crippen LogP contribution >= 0.6 is 11.8 Å². The number of benzene rings is 2. The van der Waals surface area contributed by atoms with Gasteiger partial charge in [-0.05, 0) is 65.3 Å². The molecule has 0 aromatic heterocycles. The predicted octanol–water partition coefficient (Wildman–Crippen LogP) is 10.3. The Labute approximate surface area is 255 Å². The van der Waals surface area contributed by atoms with E-state index in [1.807, 2.05) is 12.2 Å². The van der Waals surface area contributed by atoms with Crippen LogP contribution in [0.15, 0.2) is 150 Å². The van der Waals surface area contributed by atoms with Crippen molar-refractivity contribution < 1.29 is 0 Å². The molecule has 2 heteroatoms. The van der Waals surface area contributed by atoms with Gasteiger partial charge in [-0.2, -0.15) is 0 Å². The van der Waals surface area contributed by atoms with Gasteiger partial charge in [0.2, 0.25) is 0 Å². The van der Waals surface area contributed by atoms with Crippen molar-refractivity contribution in [1.82, 2.24) is 4.90 Å². The van der Waals surface area contributed by atoms with Crippen LogP contribution in [0.1, 0.15) is 67.7 Å². The molecule has 3 unspecified atom stereocenters. The summed E-state index contributed by atoms with van der Waals surface area (Å²) in [5.74, 6) is 0.906. The van der Waals surface area contributed by atoms with Gasteiger partial charge in [-0.3, -0.25) is 0 Å². The van der Waals surface area contributed by atoms with Crippen LogP contribution in [0, 0.1) is 0 Å². The van der Waals surface area contributed by atoms with E-state index in [-0.39, 0.29) is 11.5 Å². The van der Waals surface area contributed by atoms with Crippen molar-refractivity contribution in [3.8, 4) is 0 Å². The van der Waals surface area contributed by atoms with Crippen molar-refractivity contribution in [2.45, 2.75) is 67.1 Å². The van der Waals surface area contributed by atoms with Gasteiger partial charge in [-0.1, -0.05) is 130 Å². The van der Waals surface area contributed by atoms with Gasteiger partial charge in [0, 0.05) is 38.8 Å². The second-order valence-corrected chi connectivity index (χ2v) is 13.7. The maximum atomic E-state index is 3.87. The first kappa shape index (κ1) is 27.1. The Hall–Kier alpha value is -3.75. The van der Waals surface area contributed by atoms with E-state index in [1.165, 1.54) is 44.1 Å². The zero-order valence-corrected chi connectivity index (χ0v) is 25.6. The van der Waals surface area contributed by atoms with Crippen molar-refractivity contribution in [3.63, 3.8) is 0 Å². The molecule has 1 aliphatic heterocycles. The maximum absolute atomic E-state index is 3.87. The molecular weight excluding hydrogens is 527 g/mol. The largest absolute Gasteiger partial charge is 0.338 e. The molecule has 0 saturated heterocycles. The second-order valence-electron chi connectivity index (χ2n) is 12.5. The highest BCUT2D eigenvalue weighted by Crippen LogP contribution is 2.59. The molecule has 5 aliphatic rings. The predicted molar refractivity (Wildman–Crippen MR) is 181 cm³/mol. The minimum atomic E-state index is 0.0104. The van der Waals surface area contributed by atoms with Gasteiger partial charge >= 0.3 is 0 Å². The topological polar surface area (TPSA) is 3.24 Å². The van der Waals surface area contributed by atoms with E-state index in [0.29, 0.717) is 17.1 Å². The van der Waals surface area contributed by atoms with E-state index >= 15 is 0 Å². The van der Waals surface area contributed by atoms with Gasteiger partial charge in [0.25, 0.3) is 0 Å². The highest BCUT2D eigenvalue weighted by atomic mass is 32.2. The minimum absolute atomic E-state index is 0.0104. The van der Waals surface area contributed by atoms with Crippen molar-refractivity contribution in [3.05, 3.63) is 167 Å². The molecule has 0 bridgehead atoms. The van der Waals surface area contributed by atoms with E-state index in [4.69, 9.17) is 0 Å². The monoisotopic (exact) mass is 565 g/mol. The third kappa shape index (κ3) is 4.48. The lowest BCUT2D eigenvalue weighted by Crippen LogP contribution is -2.33. The van der Waals surface area contributed by atoms with E-state index in [0.717, 1.165) is 12.8 Å². The Kier molecular flexibility index (Phi) is 6.98. The number of hydrogen-bond donors (Lipinski definition) is 0. The van der Waals surface area contributed by atoms with Crippen LogP contribution < -0.4 is 0 Å². The molecule has 0 spiro atoms. The van der Waals surface area contributed by atoms with Gasteiger partial charge in [-0.25, -0.2) is 0 Å². The summed E-state index contributed by atoms with van der Waals surface area (Å²) in [6.07, 6.45) is 31.5. The number of fused-ring (bicyclic) bond motifs is 6. The first-order valence-corrected chi connectivity index (χ1v) is 16.1. The van der Waals surface area contributed by atoms with Crippen molar-refractivity contribution in [2.75, 3.05) is 0 Å². The molecule has 42 heavy (non-hydrogen) atoms. The smallest absolute Gasteiger partial charge is 0.0562 e. The molecule has 0 amide bonds. The standard InChI is InChI=1S/C40H39NS/c1-5-6-8-13-27(2)41(30-20-18-29(19-21-30)28-14-9-7-10-15-28)31-22-24-35-34(26-31)38-36(40(35,3)4)25-23-33-32-16-11-12-17-37(32)42-39(33)38/h5-18,20-25,29,31-32,37H,1,19,26H2,2-4H3/b8-6-,27-13+/t29?,31?,32-,37?/m1/s1. The number of rotatable bonds is 6. The molecule has 2 aromatic rings. The van der Waals surface area contributed by atoms with Gasteiger partial charge in [0.15, 0.2) is 0 Å². The normalized spacial score (nSPS) is 26.6. The molecule has 210 valence electrons. The molecule has 4 aliphatic carbocycles. The highest BCUT2D eigenvalue weighted by Gasteiger charge is 2.44. The Balaban J connectivity index is 1.25. The first-order chi connectivity index (χ1) is 20.5. The fourth-order valence-corrected chi connectivity index (χ4v) is 9.03. The molecule has 0 N–H and O–H groups in total. The van der Waals surface area contributed by atoms with E-state index in [2.05, 4.69) is 153 Å². The molecule has 0 radical (unpaired) electrons. The Morgan fingerprint density at radius 3 is 2.60 bits per heavy atom. The van der Waals surface area contributed by atoms with Gasteiger partial charge < -0.3 is 4.90 Å². The summed E-state index contributed by atoms with van der Waals surface area (Å²) in [5.41, 5.74) is 11.5. The summed E-state index contributed by atoms with van der Waals surface area (Å²) in [6.45, 7) is 10.9. The molecule has 0 saturated carbocycles. The summed E-state index contributed by atoms with van der Waals surface area (Å²) in [5, 5.41) is 0.507. The Bertz CT molecular complexity index is 1670. The second kappa shape index (κ2) is 10.8. The van der Waals surface area contributed by atoms with E-state index < -0.39 is 0 Å². The van der Waals surface area contributed by atoms with Crippen molar-refractivity contribution in [2.24, 2.45) is 0 Å². The molecule has 2 aromatic carbocycles. The lowest BCUT2D eigenvalue weighted by molar-refractivity contribution is 0.371. The Morgan fingerprint density at radius 1 is 0.976 bits per heavy atom. The zero-order valence-electron chi connectivity index (χ0n) is 24.8. The third-order valence-corrected chi connectivity index (χ3v) is 11.0. The van der Waals surface area contributed by atoms with E-state index in [1.54, 1.807) is 5.57 Å². The summed E-state index contributed by atoms with van der Waals surface area (Å²) in [6, 6.07) is 16.0. The van der Waals surface area contributed by atoms with Gasteiger partial charge in [0.05, 0.1) is 6.04 Å². The first-order valence-electron chi connectivity index (χ1n) is 15.3. The average molecular weight is 566 g/mol. The average Bonchev–Trinajstić information content (AvgIpc) is 3.50. The fourth-order valence-electron chi connectivity index (χ4n) is 7.51. The third-order valence-electron chi connectivity index (χ3n) is 9.64. The van der Waals surface area contributed by atoms with Gasteiger partial charge in [0.1, 0.15) is 0 Å². The lowest BCUT2D eigenvalue weighted by Gasteiger charge is -2.37. The molecule has 0 fully saturated rings. The number of hydrogen-bond acceptors (Lipinski definition) is 2. The van der Waals surface area contributed by atoms with Crippen LogP contribution in [0.5, 0.6) is 0 Å². The number of allylic oxidation sites excluding steroid dienone is 13. The quantitative estimate of drug-likeness (QED) is 0.321. The van der Waals surface area contributed by atoms with Crippen LogP contribution in [-0.2, 0) is 5.41 Å². The minimum Gasteiger partial charge on any atom is -0.338 e. The molecule has 1 nitrogen and oxygen atoms in total. The van der Waals surface area contributed by atoms with Crippen LogP contribution in [-0.4, -0.2) is 16.2 Å².